The normalized spacial score (nSPS) is 23.8. The highest BCUT2D eigenvalue weighted by Crippen LogP contribution is 2.05. The van der Waals surface area contributed by atoms with Crippen molar-refractivity contribution >= 4 is 5.91 Å². The predicted molar refractivity (Wildman–Crippen MR) is 49.1 cm³/mol. The molecule has 0 radical (unpaired) electrons. The van der Waals surface area contributed by atoms with E-state index in [2.05, 4.69) is 5.32 Å². The molecule has 1 amide bonds. The molecule has 0 bridgehead atoms. The van der Waals surface area contributed by atoms with Crippen molar-refractivity contribution in [3.63, 3.8) is 0 Å². The van der Waals surface area contributed by atoms with Crippen LogP contribution in [0.25, 0.3) is 0 Å². The molecule has 76 valence electrons. The number of nitrogens with one attached hydrogen (secondary N) is 1. The van der Waals surface area contributed by atoms with Gasteiger partial charge >= 0.3 is 0 Å². The summed E-state index contributed by atoms with van der Waals surface area (Å²) in [6.07, 6.45) is 0. The van der Waals surface area contributed by atoms with Crippen LogP contribution >= 0.6 is 0 Å². The summed E-state index contributed by atoms with van der Waals surface area (Å²) in [4.78, 5) is 12.9. The molecular formula is C8H17N3O2. The van der Waals surface area contributed by atoms with Crippen LogP contribution in [0.3, 0.4) is 0 Å². The lowest BCUT2D eigenvalue weighted by Gasteiger charge is -2.32. The number of hydrogen-bond acceptors (Lipinski definition) is 4. The van der Waals surface area contributed by atoms with E-state index in [0.29, 0.717) is 19.6 Å². The molecule has 5 nitrogen and oxygen atoms in total. The van der Waals surface area contributed by atoms with Gasteiger partial charge in [0, 0.05) is 26.2 Å². The minimum Gasteiger partial charge on any atom is -0.388 e. The highest BCUT2D eigenvalue weighted by Gasteiger charge is 2.25. The highest BCUT2D eigenvalue weighted by atomic mass is 16.3. The molecule has 1 atom stereocenters. The second-order valence-electron chi connectivity index (χ2n) is 3.76. The quantitative estimate of drug-likeness (QED) is 0.483. The van der Waals surface area contributed by atoms with Gasteiger partial charge in [-0.1, -0.05) is 0 Å². The van der Waals surface area contributed by atoms with Gasteiger partial charge in [-0.3, -0.25) is 9.69 Å². The number of nitrogens with two attached hydrogens (primary N) is 1. The molecule has 1 aliphatic heterocycles. The fourth-order valence-electron chi connectivity index (χ4n) is 1.37. The van der Waals surface area contributed by atoms with Crippen molar-refractivity contribution in [2.24, 2.45) is 5.73 Å². The monoisotopic (exact) mass is 187 g/mol. The molecule has 1 heterocycles. The number of piperazine rings is 1. The molecule has 1 fully saturated rings. The SMILES string of the molecule is CC(O)(CN)CN1CCNC(=O)C1. The first-order valence-electron chi connectivity index (χ1n) is 4.45. The molecular weight excluding hydrogens is 170 g/mol. The fourth-order valence-corrected chi connectivity index (χ4v) is 1.37. The van der Waals surface area contributed by atoms with Gasteiger partial charge < -0.3 is 16.2 Å². The van der Waals surface area contributed by atoms with Crippen LogP contribution in [0.5, 0.6) is 0 Å². The third-order valence-corrected chi connectivity index (χ3v) is 2.12. The average molecular weight is 187 g/mol. The van der Waals surface area contributed by atoms with Crippen LogP contribution in [-0.2, 0) is 4.79 Å². The van der Waals surface area contributed by atoms with E-state index in [9.17, 15) is 9.90 Å². The van der Waals surface area contributed by atoms with Crippen molar-refractivity contribution < 1.29 is 9.90 Å². The second-order valence-corrected chi connectivity index (χ2v) is 3.76. The summed E-state index contributed by atoms with van der Waals surface area (Å²) in [7, 11) is 0. The molecule has 1 unspecified atom stereocenters. The summed E-state index contributed by atoms with van der Waals surface area (Å²) in [6.45, 7) is 4.14. The molecule has 1 saturated heterocycles. The first-order valence-corrected chi connectivity index (χ1v) is 4.45. The third-order valence-electron chi connectivity index (χ3n) is 2.12. The number of hydrogen-bond donors (Lipinski definition) is 3. The summed E-state index contributed by atoms with van der Waals surface area (Å²) < 4.78 is 0. The van der Waals surface area contributed by atoms with Crippen LogP contribution in [0.4, 0.5) is 0 Å². The maximum Gasteiger partial charge on any atom is 0.234 e. The summed E-state index contributed by atoms with van der Waals surface area (Å²) in [5, 5.41) is 12.4. The van der Waals surface area contributed by atoms with Gasteiger partial charge in [0.1, 0.15) is 0 Å². The van der Waals surface area contributed by atoms with Crippen LogP contribution < -0.4 is 11.1 Å². The van der Waals surface area contributed by atoms with Gasteiger partial charge in [-0.05, 0) is 6.92 Å². The fraction of sp³-hybridized carbons (Fsp3) is 0.875. The Morgan fingerprint density at radius 3 is 3.00 bits per heavy atom. The Balaban J connectivity index is 2.40. The van der Waals surface area contributed by atoms with Gasteiger partial charge in [0.15, 0.2) is 0 Å². The molecule has 1 aliphatic rings. The highest BCUT2D eigenvalue weighted by molar-refractivity contribution is 5.78. The second kappa shape index (κ2) is 4.04. The van der Waals surface area contributed by atoms with E-state index < -0.39 is 5.60 Å². The standard InChI is InChI=1S/C8H17N3O2/c1-8(13,5-9)6-11-3-2-10-7(12)4-11/h13H,2-6,9H2,1H3,(H,10,12). The van der Waals surface area contributed by atoms with Crippen LogP contribution in [0, 0.1) is 0 Å². The van der Waals surface area contributed by atoms with Crippen molar-refractivity contribution in [3.8, 4) is 0 Å². The summed E-state index contributed by atoms with van der Waals surface area (Å²) in [5.41, 5.74) is 4.49. The van der Waals surface area contributed by atoms with E-state index >= 15 is 0 Å². The Hall–Kier alpha value is -0.650. The maximum atomic E-state index is 11.0. The molecule has 0 spiro atoms. The number of amides is 1. The van der Waals surface area contributed by atoms with Crippen molar-refractivity contribution in [2.75, 3.05) is 32.7 Å². The molecule has 0 saturated carbocycles. The molecule has 5 heteroatoms. The first-order chi connectivity index (χ1) is 6.03. The Kier molecular flexibility index (Phi) is 3.24. The summed E-state index contributed by atoms with van der Waals surface area (Å²) in [6, 6.07) is 0. The number of β-amino-alcohol motifs (C(OH)–C–C–N with tert-alkyl or cyclic N) is 1. The van der Waals surface area contributed by atoms with Gasteiger partial charge in [0.05, 0.1) is 12.1 Å². The first kappa shape index (κ1) is 10.4. The van der Waals surface area contributed by atoms with Crippen LogP contribution in [0.15, 0.2) is 0 Å². The zero-order valence-electron chi connectivity index (χ0n) is 7.92. The lowest BCUT2D eigenvalue weighted by molar-refractivity contribution is -0.125. The van der Waals surface area contributed by atoms with E-state index in [1.54, 1.807) is 6.92 Å². The average Bonchev–Trinajstić information content (AvgIpc) is 2.03. The molecule has 13 heavy (non-hydrogen) atoms. The lowest BCUT2D eigenvalue weighted by Crippen LogP contribution is -2.54. The largest absolute Gasteiger partial charge is 0.388 e. The van der Waals surface area contributed by atoms with Crippen LogP contribution in [0.2, 0.25) is 0 Å². The molecule has 1 rings (SSSR count). The van der Waals surface area contributed by atoms with Crippen molar-refractivity contribution in [2.45, 2.75) is 12.5 Å². The summed E-state index contributed by atoms with van der Waals surface area (Å²) in [5.74, 6) is 0.0130. The Bertz CT molecular complexity index is 194. The van der Waals surface area contributed by atoms with Gasteiger partial charge in [0.25, 0.3) is 0 Å². The number of aliphatic hydroxyl groups is 1. The van der Waals surface area contributed by atoms with Gasteiger partial charge in [-0.25, -0.2) is 0 Å². The molecule has 0 aromatic carbocycles. The van der Waals surface area contributed by atoms with E-state index in [4.69, 9.17) is 5.73 Å². The van der Waals surface area contributed by atoms with E-state index in [0.717, 1.165) is 6.54 Å². The number of carbonyl (C=O) groups excluding carboxylic acids is 1. The van der Waals surface area contributed by atoms with Gasteiger partial charge in [0.2, 0.25) is 5.91 Å². The zero-order valence-corrected chi connectivity index (χ0v) is 7.92. The topological polar surface area (TPSA) is 78.6 Å². The number of nitrogens with zero attached hydrogens (tertiary/aromatic N) is 1. The summed E-state index contributed by atoms with van der Waals surface area (Å²) >= 11 is 0. The van der Waals surface area contributed by atoms with Crippen molar-refractivity contribution in [1.82, 2.24) is 10.2 Å². The minimum absolute atomic E-state index is 0.0130. The van der Waals surface area contributed by atoms with Gasteiger partial charge in [-0.15, -0.1) is 0 Å². The minimum atomic E-state index is -0.891. The molecule has 4 N–H and O–H groups in total. The number of rotatable bonds is 3. The maximum absolute atomic E-state index is 11.0. The lowest BCUT2D eigenvalue weighted by atomic mass is 10.1. The smallest absolute Gasteiger partial charge is 0.234 e. The van der Waals surface area contributed by atoms with E-state index in [-0.39, 0.29) is 12.5 Å². The molecule has 0 aliphatic carbocycles. The van der Waals surface area contributed by atoms with Crippen molar-refractivity contribution in [3.05, 3.63) is 0 Å². The van der Waals surface area contributed by atoms with Crippen LogP contribution in [0.1, 0.15) is 6.92 Å². The Morgan fingerprint density at radius 1 is 1.77 bits per heavy atom. The third kappa shape index (κ3) is 3.30. The van der Waals surface area contributed by atoms with E-state index in [1.807, 2.05) is 4.90 Å². The molecule has 0 aromatic rings. The van der Waals surface area contributed by atoms with E-state index in [1.165, 1.54) is 0 Å². The Labute approximate surface area is 77.9 Å². The zero-order chi connectivity index (χ0) is 9.90. The Morgan fingerprint density at radius 2 is 2.46 bits per heavy atom. The predicted octanol–water partition coefficient (Wildman–Crippen LogP) is -1.87. The van der Waals surface area contributed by atoms with Crippen molar-refractivity contribution in [1.29, 1.82) is 0 Å². The van der Waals surface area contributed by atoms with Crippen LogP contribution in [-0.4, -0.2) is 54.2 Å². The van der Waals surface area contributed by atoms with Gasteiger partial charge in [-0.2, -0.15) is 0 Å². The number of carbonyl (C=O) groups is 1. The molecule has 0 aromatic heterocycles.